The Labute approximate surface area is 206 Å². The van der Waals surface area contributed by atoms with Crippen molar-refractivity contribution in [2.45, 2.75) is 4.90 Å². The van der Waals surface area contributed by atoms with Crippen molar-refractivity contribution in [3.63, 3.8) is 0 Å². The highest BCUT2D eigenvalue weighted by Crippen LogP contribution is 2.37. The number of nitrogens with one attached hydrogen (secondary N) is 1. The fourth-order valence-corrected chi connectivity index (χ4v) is 5.20. The summed E-state index contributed by atoms with van der Waals surface area (Å²) in [4.78, 5) is 15.5. The molecule has 0 bridgehead atoms. The molecule has 0 saturated heterocycles. The lowest BCUT2D eigenvalue weighted by molar-refractivity contribution is -0.116. The fraction of sp³-hybridized carbons (Fsp3) is 0.0455. The van der Waals surface area contributed by atoms with Gasteiger partial charge in [-0.2, -0.15) is 0 Å². The Hall–Kier alpha value is -3.02. The molecule has 0 aliphatic rings. The molecule has 1 aromatic heterocycles. The topological polar surface area (TPSA) is 115 Å². The van der Waals surface area contributed by atoms with Crippen LogP contribution in [0.1, 0.15) is 0 Å². The molecule has 0 unspecified atom stereocenters. The number of aromatic nitrogens is 1. The number of rotatable bonds is 6. The number of sulfonamides is 1. The molecule has 0 spiro atoms. The summed E-state index contributed by atoms with van der Waals surface area (Å²) >= 11 is 6.67. The van der Waals surface area contributed by atoms with Gasteiger partial charge in [-0.3, -0.25) is 9.10 Å². The van der Waals surface area contributed by atoms with Crippen molar-refractivity contribution in [2.75, 3.05) is 10.8 Å². The zero-order chi connectivity index (χ0) is 23.6. The molecule has 1 heterocycles. The van der Waals surface area contributed by atoms with Crippen molar-refractivity contribution >= 4 is 70.1 Å². The summed E-state index contributed by atoms with van der Waals surface area (Å²) in [5.41, 5.74) is 0.991. The average Bonchev–Trinajstić information content (AvgIpc) is 3.11. The maximum absolute atomic E-state index is 13.3. The SMILES string of the molecule is O=C(CN(c1ccc(Br)cc1)S(=O)(=O)c1ccccc1)N=Nc1c(O)[nH]c2ccc(Br)cc12. The van der Waals surface area contributed by atoms with Crippen molar-refractivity contribution < 1.29 is 18.3 Å². The predicted molar refractivity (Wildman–Crippen MR) is 132 cm³/mol. The van der Waals surface area contributed by atoms with Gasteiger partial charge >= 0.3 is 0 Å². The Morgan fingerprint density at radius 2 is 1.64 bits per heavy atom. The first kappa shape index (κ1) is 23.1. The highest BCUT2D eigenvalue weighted by atomic mass is 79.9. The van der Waals surface area contributed by atoms with Gasteiger partial charge in [0, 0.05) is 14.3 Å². The average molecular weight is 592 g/mol. The Bertz CT molecular complexity index is 1450. The minimum Gasteiger partial charge on any atom is -0.493 e. The maximum atomic E-state index is 13.3. The molecule has 8 nitrogen and oxygen atoms in total. The summed E-state index contributed by atoms with van der Waals surface area (Å²) in [5.74, 6) is -1.05. The molecule has 1 amide bonds. The molecule has 0 aliphatic carbocycles. The summed E-state index contributed by atoms with van der Waals surface area (Å²) in [5, 5.41) is 18.3. The minimum absolute atomic E-state index is 0.0387. The van der Waals surface area contributed by atoms with E-state index in [-0.39, 0.29) is 16.5 Å². The van der Waals surface area contributed by atoms with Gasteiger partial charge in [-0.1, -0.05) is 50.1 Å². The standard InChI is InChI=1S/C22H16Br2N4O4S/c23-14-6-9-16(10-7-14)28(33(31,32)17-4-2-1-3-5-17)13-20(29)26-27-21-18-12-15(24)8-11-19(18)25-22(21)30/h1-12,25,30H,13H2. The van der Waals surface area contributed by atoms with Gasteiger partial charge in [0.05, 0.1) is 16.1 Å². The van der Waals surface area contributed by atoms with Gasteiger partial charge in [0.2, 0.25) is 5.88 Å². The molecule has 11 heteroatoms. The summed E-state index contributed by atoms with van der Waals surface area (Å²) in [7, 11) is -4.05. The molecule has 0 saturated carbocycles. The fourth-order valence-electron chi connectivity index (χ4n) is 3.14. The normalized spacial score (nSPS) is 11.8. The Morgan fingerprint density at radius 1 is 0.970 bits per heavy atom. The summed E-state index contributed by atoms with van der Waals surface area (Å²) in [6.45, 7) is -0.574. The van der Waals surface area contributed by atoms with E-state index in [2.05, 4.69) is 47.1 Å². The van der Waals surface area contributed by atoms with E-state index in [1.54, 1.807) is 60.7 Å². The number of nitrogens with zero attached hydrogens (tertiary/aromatic N) is 3. The van der Waals surface area contributed by atoms with Crippen LogP contribution in [-0.4, -0.2) is 31.0 Å². The molecule has 0 aliphatic heterocycles. The van der Waals surface area contributed by atoms with Crippen LogP contribution in [0.4, 0.5) is 11.4 Å². The number of carbonyl (C=O) groups excluding carboxylic acids is 1. The second kappa shape index (κ2) is 9.46. The van der Waals surface area contributed by atoms with Crippen molar-refractivity contribution in [1.82, 2.24) is 4.98 Å². The van der Waals surface area contributed by atoms with Crippen LogP contribution in [-0.2, 0) is 14.8 Å². The van der Waals surface area contributed by atoms with Gasteiger partial charge in [-0.25, -0.2) is 8.42 Å². The first-order chi connectivity index (χ1) is 15.8. The maximum Gasteiger partial charge on any atom is 0.285 e. The van der Waals surface area contributed by atoms with Crippen LogP contribution in [0.5, 0.6) is 5.88 Å². The molecule has 2 N–H and O–H groups in total. The molecule has 168 valence electrons. The quantitative estimate of drug-likeness (QED) is 0.271. The Kier molecular flexibility index (Phi) is 6.63. The smallest absolute Gasteiger partial charge is 0.285 e. The number of hydrogen-bond acceptors (Lipinski definition) is 5. The number of azo groups is 1. The lowest BCUT2D eigenvalue weighted by Gasteiger charge is -2.23. The third-order valence-corrected chi connectivity index (χ3v) is 7.51. The van der Waals surface area contributed by atoms with E-state index in [4.69, 9.17) is 0 Å². The van der Waals surface area contributed by atoms with E-state index in [9.17, 15) is 18.3 Å². The first-order valence-corrected chi connectivity index (χ1v) is 12.6. The largest absolute Gasteiger partial charge is 0.493 e. The second-order valence-corrected chi connectivity index (χ2v) is 10.6. The number of aromatic hydroxyl groups is 1. The molecule has 0 atom stereocenters. The second-order valence-electron chi connectivity index (χ2n) is 6.91. The highest BCUT2D eigenvalue weighted by molar-refractivity contribution is 9.10. The number of carbonyl (C=O) groups is 1. The van der Waals surface area contributed by atoms with Gasteiger partial charge in [-0.15, -0.1) is 10.2 Å². The first-order valence-electron chi connectivity index (χ1n) is 9.54. The van der Waals surface area contributed by atoms with E-state index >= 15 is 0 Å². The molecular formula is C22H16Br2N4O4S. The van der Waals surface area contributed by atoms with E-state index in [0.29, 0.717) is 16.6 Å². The van der Waals surface area contributed by atoms with Crippen molar-refractivity contribution in [1.29, 1.82) is 0 Å². The molecule has 3 aromatic carbocycles. The van der Waals surface area contributed by atoms with Crippen LogP contribution in [0.3, 0.4) is 0 Å². The lowest BCUT2D eigenvalue weighted by Crippen LogP contribution is -2.35. The van der Waals surface area contributed by atoms with E-state index in [0.717, 1.165) is 13.3 Å². The van der Waals surface area contributed by atoms with Crippen molar-refractivity contribution in [3.8, 4) is 5.88 Å². The monoisotopic (exact) mass is 590 g/mol. The number of aromatic amines is 1. The molecule has 4 rings (SSSR count). The number of anilines is 1. The van der Waals surface area contributed by atoms with Gasteiger partial charge in [0.25, 0.3) is 15.9 Å². The zero-order valence-corrected chi connectivity index (χ0v) is 20.8. The number of benzene rings is 3. The van der Waals surface area contributed by atoms with E-state index < -0.39 is 22.5 Å². The van der Waals surface area contributed by atoms with Gasteiger partial charge in [0.1, 0.15) is 6.54 Å². The van der Waals surface area contributed by atoms with Crippen LogP contribution < -0.4 is 4.31 Å². The molecule has 0 radical (unpaired) electrons. The summed E-state index contributed by atoms with van der Waals surface area (Å²) < 4.78 is 29.1. The number of fused-ring (bicyclic) bond motifs is 1. The number of hydrogen-bond donors (Lipinski definition) is 2. The van der Waals surface area contributed by atoms with E-state index in [1.807, 2.05) is 0 Å². The summed E-state index contributed by atoms with van der Waals surface area (Å²) in [6, 6.07) is 19.6. The Morgan fingerprint density at radius 3 is 2.33 bits per heavy atom. The van der Waals surface area contributed by atoms with E-state index in [1.165, 1.54) is 12.1 Å². The van der Waals surface area contributed by atoms with Crippen LogP contribution in [0.2, 0.25) is 0 Å². The number of amides is 1. The third-order valence-electron chi connectivity index (χ3n) is 4.70. The number of H-pyrrole nitrogens is 1. The van der Waals surface area contributed by atoms with Crippen LogP contribution in [0.15, 0.2) is 96.9 Å². The Balaban J connectivity index is 1.67. The number of halogens is 2. The highest BCUT2D eigenvalue weighted by Gasteiger charge is 2.27. The van der Waals surface area contributed by atoms with Gasteiger partial charge in [-0.05, 0) is 54.6 Å². The van der Waals surface area contributed by atoms with Crippen molar-refractivity contribution in [3.05, 3.63) is 81.7 Å². The predicted octanol–water partition coefficient (Wildman–Crippen LogP) is 5.90. The van der Waals surface area contributed by atoms with Gasteiger partial charge in [0.15, 0.2) is 5.69 Å². The van der Waals surface area contributed by atoms with Crippen LogP contribution in [0.25, 0.3) is 10.9 Å². The van der Waals surface area contributed by atoms with Crippen molar-refractivity contribution in [2.24, 2.45) is 10.2 Å². The van der Waals surface area contributed by atoms with Gasteiger partial charge < -0.3 is 10.1 Å². The zero-order valence-electron chi connectivity index (χ0n) is 16.8. The molecule has 33 heavy (non-hydrogen) atoms. The molecular weight excluding hydrogens is 576 g/mol. The van der Waals surface area contributed by atoms with Crippen LogP contribution in [0, 0.1) is 0 Å². The lowest BCUT2D eigenvalue weighted by atomic mass is 10.2. The molecule has 0 fully saturated rings. The summed E-state index contributed by atoms with van der Waals surface area (Å²) in [6.07, 6.45) is 0. The van der Waals surface area contributed by atoms with Crippen LogP contribution >= 0.6 is 31.9 Å². The molecule has 4 aromatic rings. The third kappa shape index (κ3) is 5.00. The minimum atomic E-state index is -4.05.